The summed E-state index contributed by atoms with van der Waals surface area (Å²) in [5.74, 6) is 2.25. The Morgan fingerprint density at radius 1 is 0.964 bits per heavy atom. The Morgan fingerprint density at radius 2 is 1.64 bits per heavy atom. The van der Waals surface area contributed by atoms with Crippen molar-refractivity contribution in [3.8, 4) is 22.8 Å². The number of imidazole rings is 1. The number of fused-ring (bicyclic) bond motifs is 1. The molecule has 5 rings (SSSR count). The normalized spacial score (nSPS) is 15.2. The third-order valence-corrected chi connectivity index (χ3v) is 5.51. The zero-order chi connectivity index (χ0) is 18.9. The van der Waals surface area contributed by atoms with Crippen LogP contribution in [0.2, 0.25) is 0 Å². The van der Waals surface area contributed by atoms with E-state index in [0.717, 1.165) is 41.5 Å². The van der Waals surface area contributed by atoms with Crippen molar-refractivity contribution >= 4 is 5.65 Å². The second-order valence-corrected chi connectivity index (χ2v) is 7.51. The van der Waals surface area contributed by atoms with Crippen LogP contribution in [0.25, 0.3) is 16.9 Å². The van der Waals surface area contributed by atoms with Crippen molar-refractivity contribution in [2.45, 2.75) is 25.7 Å². The van der Waals surface area contributed by atoms with Gasteiger partial charge in [-0.1, -0.05) is 17.7 Å². The summed E-state index contributed by atoms with van der Waals surface area (Å²) in [7, 11) is 0. The predicted molar refractivity (Wildman–Crippen MR) is 111 cm³/mol. The molecule has 0 amide bonds. The Balaban J connectivity index is 1.37. The van der Waals surface area contributed by atoms with Crippen molar-refractivity contribution in [2.24, 2.45) is 0 Å². The molecule has 0 atom stereocenters. The molecule has 142 valence electrons. The average Bonchev–Trinajstić information content (AvgIpc) is 3.32. The van der Waals surface area contributed by atoms with Crippen LogP contribution < -0.4 is 10.1 Å². The summed E-state index contributed by atoms with van der Waals surface area (Å²) in [6.07, 6.45) is 6.51. The van der Waals surface area contributed by atoms with E-state index in [1.165, 1.54) is 24.0 Å². The molecule has 0 radical (unpaired) electrons. The minimum Gasteiger partial charge on any atom is -0.457 e. The number of nitrogens with one attached hydrogen (secondary N) is 2. The molecule has 2 aromatic heterocycles. The van der Waals surface area contributed by atoms with E-state index in [1.54, 1.807) is 0 Å². The maximum atomic E-state index is 5.93. The molecular weight excluding hydrogens is 348 g/mol. The minimum absolute atomic E-state index is 0.579. The van der Waals surface area contributed by atoms with E-state index in [2.05, 4.69) is 54.0 Å². The van der Waals surface area contributed by atoms with Gasteiger partial charge in [0.05, 0.1) is 11.9 Å². The van der Waals surface area contributed by atoms with Crippen LogP contribution in [-0.2, 0) is 0 Å². The summed E-state index contributed by atoms with van der Waals surface area (Å²) in [6.45, 7) is 4.23. The average molecular weight is 372 g/mol. The molecule has 1 saturated heterocycles. The van der Waals surface area contributed by atoms with E-state index >= 15 is 0 Å². The first-order valence-electron chi connectivity index (χ1n) is 9.88. The fourth-order valence-electron chi connectivity index (χ4n) is 3.89. The highest BCUT2D eigenvalue weighted by Gasteiger charge is 2.20. The zero-order valence-electron chi connectivity index (χ0n) is 16.0. The monoisotopic (exact) mass is 372 g/mol. The molecule has 4 aromatic rings. The van der Waals surface area contributed by atoms with Crippen molar-refractivity contribution in [3.63, 3.8) is 0 Å². The molecule has 5 nitrogen and oxygen atoms in total. The van der Waals surface area contributed by atoms with E-state index in [0.29, 0.717) is 5.92 Å². The van der Waals surface area contributed by atoms with Crippen LogP contribution in [0.4, 0.5) is 0 Å². The Bertz CT molecular complexity index is 1070. The van der Waals surface area contributed by atoms with Gasteiger partial charge in [0.15, 0.2) is 5.65 Å². The number of piperidine rings is 1. The maximum absolute atomic E-state index is 5.93. The smallest absolute Gasteiger partial charge is 0.157 e. The van der Waals surface area contributed by atoms with Gasteiger partial charge in [-0.15, -0.1) is 0 Å². The maximum Gasteiger partial charge on any atom is 0.157 e. The number of aromatic amines is 1. The molecule has 3 heterocycles. The molecule has 2 N–H and O–H groups in total. The number of aryl methyl sites for hydroxylation is 1. The molecule has 0 unspecified atom stereocenters. The van der Waals surface area contributed by atoms with E-state index in [4.69, 9.17) is 9.72 Å². The third-order valence-electron chi connectivity index (χ3n) is 5.51. The lowest BCUT2D eigenvalue weighted by molar-refractivity contribution is 0.462. The van der Waals surface area contributed by atoms with E-state index in [-0.39, 0.29) is 0 Å². The number of H-pyrrole nitrogens is 1. The standard InChI is InChI=1S/C23H24N4O/c1-16-2-6-19(7-3-16)28-20-8-4-18(5-9-20)22-15-27-23(26-22)21(14-25-27)17-10-12-24-13-11-17/h2-9,14-15,17,24-25H,10-13H2,1H3. The van der Waals surface area contributed by atoms with Crippen molar-refractivity contribution < 1.29 is 4.74 Å². The van der Waals surface area contributed by atoms with Crippen LogP contribution in [-0.4, -0.2) is 27.7 Å². The number of nitrogens with zero attached hydrogens (tertiary/aromatic N) is 2. The number of benzene rings is 2. The molecule has 0 bridgehead atoms. The fraction of sp³-hybridized carbons (Fsp3) is 0.261. The number of ether oxygens (including phenoxy) is 1. The Labute approximate surface area is 164 Å². The molecular formula is C23H24N4O. The molecule has 0 spiro atoms. The molecule has 28 heavy (non-hydrogen) atoms. The molecule has 1 aliphatic rings. The largest absolute Gasteiger partial charge is 0.457 e. The van der Waals surface area contributed by atoms with Gasteiger partial charge in [-0.3, -0.25) is 5.10 Å². The molecule has 0 saturated carbocycles. The van der Waals surface area contributed by atoms with E-state index in [9.17, 15) is 0 Å². The summed E-state index contributed by atoms with van der Waals surface area (Å²) in [5, 5.41) is 6.77. The van der Waals surface area contributed by atoms with Crippen LogP contribution >= 0.6 is 0 Å². The van der Waals surface area contributed by atoms with Crippen LogP contribution in [0.1, 0.15) is 29.9 Å². The van der Waals surface area contributed by atoms with E-state index in [1.807, 2.05) is 28.8 Å². The predicted octanol–water partition coefficient (Wildman–Crippen LogP) is 4.90. The lowest BCUT2D eigenvalue weighted by Crippen LogP contribution is -2.26. The van der Waals surface area contributed by atoms with Gasteiger partial charge in [0.2, 0.25) is 0 Å². The van der Waals surface area contributed by atoms with Crippen molar-refractivity contribution in [1.82, 2.24) is 19.9 Å². The summed E-state index contributed by atoms with van der Waals surface area (Å²) < 4.78 is 7.96. The molecule has 2 aromatic carbocycles. The highest BCUT2D eigenvalue weighted by atomic mass is 16.5. The van der Waals surface area contributed by atoms with Gasteiger partial charge in [-0.25, -0.2) is 9.50 Å². The first-order chi connectivity index (χ1) is 13.8. The molecule has 1 fully saturated rings. The highest BCUT2D eigenvalue weighted by molar-refractivity contribution is 5.65. The molecule has 1 aliphatic heterocycles. The second-order valence-electron chi connectivity index (χ2n) is 7.51. The van der Waals surface area contributed by atoms with Gasteiger partial charge >= 0.3 is 0 Å². The van der Waals surface area contributed by atoms with Crippen LogP contribution in [0, 0.1) is 6.92 Å². The lowest BCUT2D eigenvalue weighted by atomic mass is 9.92. The summed E-state index contributed by atoms with van der Waals surface area (Å²) in [6, 6.07) is 16.2. The number of hydrogen-bond acceptors (Lipinski definition) is 3. The SMILES string of the molecule is Cc1ccc(Oc2ccc(-c3cn4[nH]cc(C5CCNCC5)c4n3)cc2)cc1. The van der Waals surface area contributed by atoms with Crippen LogP contribution in [0.15, 0.2) is 60.9 Å². The topological polar surface area (TPSA) is 54.4 Å². The third kappa shape index (κ3) is 3.29. The molecule has 5 heteroatoms. The Morgan fingerprint density at radius 3 is 2.36 bits per heavy atom. The Hall–Kier alpha value is -3.05. The minimum atomic E-state index is 0.579. The lowest BCUT2D eigenvalue weighted by Gasteiger charge is -2.21. The van der Waals surface area contributed by atoms with Gasteiger partial charge < -0.3 is 10.1 Å². The fourth-order valence-corrected chi connectivity index (χ4v) is 3.89. The van der Waals surface area contributed by atoms with Gasteiger partial charge in [-0.05, 0) is 75.2 Å². The first-order valence-corrected chi connectivity index (χ1v) is 9.88. The van der Waals surface area contributed by atoms with Crippen molar-refractivity contribution in [1.29, 1.82) is 0 Å². The van der Waals surface area contributed by atoms with E-state index < -0.39 is 0 Å². The Kier molecular flexibility index (Phi) is 4.37. The van der Waals surface area contributed by atoms with Crippen LogP contribution in [0.3, 0.4) is 0 Å². The highest BCUT2D eigenvalue weighted by Crippen LogP contribution is 2.31. The first kappa shape index (κ1) is 17.1. The zero-order valence-corrected chi connectivity index (χ0v) is 16.0. The van der Waals surface area contributed by atoms with Gasteiger partial charge in [0.1, 0.15) is 11.5 Å². The van der Waals surface area contributed by atoms with Crippen molar-refractivity contribution in [2.75, 3.05) is 13.1 Å². The van der Waals surface area contributed by atoms with Crippen LogP contribution in [0.5, 0.6) is 11.5 Å². The molecule has 0 aliphatic carbocycles. The van der Waals surface area contributed by atoms with Gasteiger partial charge in [0.25, 0.3) is 0 Å². The van der Waals surface area contributed by atoms with Gasteiger partial charge in [0, 0.05) is 17.3 Å². The number of hydrogen-bond donors (Lipinski definition) is 2. The number of aromatic nitrogens is 3. The quantitative estimate of drug-likeness (QED) is 0.536. The summed E-state index contributed by atoms with van der Waals surface area (Å²) in [5.41, 5.74) is 5.66. The van der Waals surface area contributed by atoms with Crippen molar-refractivity contribution in [3.05, 3.63) is 72.1 Å². The second kappa shape index (κ2) is 7.17. The summed E-state index contributed by atoms with van der Waals surface area (Å²) >= 11 is 0. The number of rotatable bonds is 4. The van der Waals surface area contributed by atoms with Gasteiger partial charge in [-0.2, -0.15) is 0 Å². The summed E-state index contributed by atoms with van der Waals surface area (Å²) in [4.78, 5) is 4.91.